The Morgan fingerprint density at radius 2 is 1.56 bits per heavy atom. The molecule has 0 aliphatic carbocycles. The predicted molar refractivity (Wildman–Crippen MR) is 179 cm³/mol. The van der Waals surface area contributed by atoms with E-state index in [9.17, 15) is 4.79 Å². The second kappa shape index (κ2) is 13.6. The van der Waals surface area contributed by atoms with Crippen molar-refractivity contribution in [2.24, 2.45) is 4.99 Å². The lowest BCUT2D eigenvalue weighted by molar-refractivity contribution is -0.129. The van der Waals surface area contributed by atoms with Crippen LogP contribution in [0.4, 0.5) is 0 Å². The van der Waals surface area contributed by atoms with E-state index in [0.717, 1.165) is 38.6 Å². The highest BCUT2D eigenvalue weighted by Gasteiger charge is 2.52. The van der Waals surface area contributed by atoms with Crippen molar-refractivity contribution in [1.29, 1.82) is 0 Å². The Kier molecular flexibility index (Phi) is 9.04. The Balaban J connectivity index is 1.34. The number of aliphatic imine (C=N–C) groups is 1. The van der Waals surface area contributed by atoms with Crippen molar-refractivity contribution in [1.82, 2.24) is 5.32 Å². The maximum Gasteiger partial charge on any atom is 0.252 e. The summed E-state index contributed by atoms with van der Waals surface area (Å²) < 4.78 is 12.3. The SMILES string of the molecule is C=CC[C@@]1(C(=O)NCc2cccc3ccccc23)N=C(c2ccc(OCCCO)cc2)O[C@@H]1c1ccc(-c2ccccc2)cc1. The molecule has 0 unspecified atom stereocenters. The molecule has 0 saturated heterocycles. The third-order valence-electron chi connectivity index (χ3n) is 8.13. The van der Waals surface area contributed by atoms with E-state index in [0.29, 0.717) is 31.2 Å². The van der Waals surface area contributed by atoms with Gasteiger partial charge < -0.3 is 19.9 Å². The molecule has 2 N–H and O–H groups in total. The van der Waals surface area contributed by atoms with Gasteiger partial charge in [-0.15, -0.1) is 6.58 Å². The minimum absolute atomic E-state index is 0.0738. The lowest BCUT2D eigenvalue weighted by Gasteiger charge is -2.30. The maximum atomic E-state index is 14.3. The minimum atomic E-state index is -1.27. The standard InChI is InChI=1S/C39H36N2O4/c1-2-24-39(38(43)40-27-33-14-8-13-30-12-6-7-15-35(30)33)36(31-18-16-29(17-19-31)28-10-4-3-5-11-28)45-37(41-39)32-20-22-34(23-21-32)44-26-9-25-42/h2-8,10-23,36,42H,1,9,24-27H2,(H,40,43)/t36-,39-/m1/s1. The molecule has 0 radical (unpaired) electrons. The monoisotopic (exact) mass is 596 g/mol. The van der Waals surface area contributed by atoms with Crippen LogP contribution in [-0.4, -0.2) is 35.7 Å². The Hall–Kier alpha value is -5.20. The number of fused-ring (bicyclic) bond motifs is 1. The van der Waals surface area contributed by atoms with Gasteiger partial charge in [-0.3, -0.25) is 4.79 Å². The number of carbonyl (C=O) groups is 1. The normalized spacial score (nSPS) is 17.4. The van der Waals surface area contributed by atoms with E-state index in [2.05, 4.69) is 54.4 Å². The highest BCUT2D eigenvalue weighted by atomic mass is 16.5. The lowest BCUT2D eigenvalue weighted by Crippen LogP contribution is -2.47. The third-order valence-corrected chi connectivity index (χ3v) is 8.13. The van der Waals surface area contributed by atoms with Gasteiger partial charge in [-0.1, -0.05) is 103 Å². The molecule has 1 aliphatic heterocycles. The molecule has 0 aromatic heterocycles. The Bertz CT molecular complexity index is 1790. The first-order valence-electron chi connectivity index (χ1n) is 15.2. The minimum Gasteiger partial charge on any atom is -0.494 e. The number of hydrogen-bond acceptors (Lipinski definition) is 5. The van der Waals surface area contributed by atoms with Gasteiger partial charge in [-0.2, -0.15) is 0 Å². The van der Waals surface area contributed by atoms with Gasteiger partial charge >= 0.3 is 0 Å². The molecule has 1 heterocycles. The fourth-order valence-electron chi connectivity index (χ4n) is 5.79. The zero-order valence-corrected chi connectivity index (χ0v) is 25.1. The largest absolute Gasteiger partial charge is 0.494 e. The summed E-state index contributed by atoms with van der Waals surface area (Å²) in [6.45, 7) is 4.85. The summed E-state index contributed by atoms with van der Waals surface area (Å²) in [6, 6.07) is 40.0. The van der Waals surface area contributed by atoms with E-state index in [1.165, 1.54) is 0 Å². The van der Waals surface area contributed by atoms with E-state index in [-0.39, 0.29) is 18.9 Å². The maximum absolute atomic E-state index is 14.3. The number of amides is 1. The molecule has 1 amide bonds. The summed E-state index contributed by atoms with van der Waals surface area (Å²) in [4.78, 5) is 19.4. The number of benzene rings is 5. The lowest BCUT2D eigenvalue weighted by atomic mass is 9.84. The van der Waals surface area contributed by atoms with E-state index in [1.54, 1.807) is 6.08 Å². The van der Waals surface area contributed by atoms with Crippen molar-refractivity contribution in [3.63, 3.8) is 0 Å². The zero-order chi connectivity index (χ0) is 31.1. The smallest absolute Gasteiger partial charge is 0.252 e. The summed E-state index contributed by atoms with van der Waals surface area (Å²) in [5, 5.41) is 14.5. The second-order valence-corrected chi connectivity index (χ2v) is 11.1. The average Bonchev–Trinajstić information content (AvgIpc) is 3.48. The van der Waals surface area contributed by atoms with Crippen LogP contribution in [0.25, 0.3) is 21.9 Å². The van der Waals surface area contributed by atoms with E-state index in [1.807, 2.05) is 78.9 Å². The summed E-state index contributed by atoms with van der Waals surface area (Å²) in [5.74, 6) is 0.840. The van der Waals surface area contributed by atoms with Crippen molar-refractivity contribution in [2.45, 2.75) is 31.0 Å². The van der Waals surface area contributed by atoms with Gasteiger partial charge in [0.25, 0.3) is 5.91 Å². The van der Waals surface area contributed by atoms with E-state index in [4.69, 9.17) is 19.6 Å². The van der Waals surface area contributed by atoms with E-state index < -0.39 is 11.6 Å². The molecule has 0 bridgehead atoms. The molecule has 5 aromatic rings. The molecule has 1 aliphatic rings. The molecule has 5 aromatic carbocycles. The molecule has 226 valence electrons. The number of aliphatic hydroxyl groups is 1. The highest BCUT2D eigenvalue weighted by molar-refractivity contribution is 6.01. The molecule has 6 nitrogen and oxygen atoms in total. The third kappa shape index (κ3) is 6.37. The first-order valence-corrected chi connectivity index (χ1v) is 15.2. The van der Waals surface area contributed by atoms with Crippen molar-refractivity contribution < 1.29 is 19.4 Å². The van der Waals surface area contributed by atoms with Crippen molar-refractivity contribution in [2.75, 3.05) is 13.2 Å². The van der Waals surface area contributed by atoms with Crippen LogP contribution in [0.2, 0.25) is 0 Å². The highest BCUT2D eigenvalue weighted by Crippen LogP contribution is 2.43. The summed E-state index contributed by atoms with van der Waals surface area (Å²) in [7, 11) is 0. The average molecular weight is 597 g/mol. The number of nitrogens with zero attached hydrogens (tertiary/aromatic N) is 1. The number of ether oxygens (including phenoxy) is 2. The Labute approximate surface area is 263 Å². The van der Waals surface area contributed by atoms with Gasteiger partial charge in [0.2, 0.25) is 5.90 Å². The Morgan fingerprint density at radius 1 is 0.867 bits per heavy atom. The quantitative estimate of drug-likeness (QED) is 0.116. The van der Waals surface area contributed by atoms with Crippen LogP contribution in [0.5, 0.6) is 5.75 Å². The second-order valence-electron chi connectivity index (χ2n) is 11.1. The van der Waals surface area contributed by atoms with Gasteiger partial charge in [0.1, 0.15) is 5.75 Å². The van der Waals surface area contributed by atoms with Gasteiger partial charge in [-0.05, 0) is 57.3 Å². The first kappa shape index (κ1) is 29.9. The number of nitrogens with one attached hydrogen (secondary N) is 1. The molecule has 2 atom stereocenters. The van der Waals surface area contributed by atoms with Crippen molar-refractivity contribution >= 4 is 22.6 Å². The van der Waals surface area contributed by atoms with Crippen LogP contribution < -0.4 is 10.1 Å². The van der Waals surface area contributed by atoms with Crippen LogP contribution in [0, 0.1) is 0 Å². The number of rotatable bonds is 12. The molecule has 6 rings (SSSR count). The predicted octanol–water partition coefficient (Wildman–Crippen LogP) is 7.42. The van der Waals surface area contributed by atoms with Gasteiger partial charge in [0, 0.05) is 31.6 Å². The fourth-order valence-corrected chi connectivity index (χ4v) is 5.79. The molecule has 45 heavy (non-hydrogen) atoms. The van der Waals surface area contributed by atoms with Crippen LogP contribution >= 0.6 is 0 Å². The summed E-state index contributed by atoms with van der Waals surface area (Å²) >= 11 is 0. The van der Waals surface area contributed by atoms with Crippen LogP contribution in [0.15, 0.2) is 139 Å². The molecular formula is C39H36N2O4. The van der Waals surface area contributed by atoms with Crippen LogP contribution in [0.1, 0.15) is 35.6 Å². The number of aliphatic hydroxyl groups excluding tert-OH is 1. The zero-order valence-electron chi connectivity index (χ0n) is 25.1. The van der Waals surface area contributed by atoms with Gasteiger partial charge in [-0.25, -0.2) is 4.99 Å². The number of carbonyl (C=O) groups excluding carboxylic acids is 1. The molecule has 6 heteroatoms. The molecule has 0 saturated carbocycles. The summed E-state index contributed by atoms with van der Waals surface area (Å²) in [5.41, 5.74) is 3.53. The fraction of sp³-hybridized carbons (Fsp3) is 0.179. The van der Waals surface area contributed by atoms with Crippen molar-refractivity contribution in [3.05, 3.63) is 151 Å². The number of hydrogen-bond donors (Lipinski definition) is 2. The topological polar surface area (TPSA) is 80.2 Å². The van der Waals surface area contributed by atoms with E-state index >= 15 is 0 Å². The van der Waals surface area contributed by atoms with Gasteiger partial charge in [0.05, 0.1) is 6.61 Å². The van der Waals surface area contributed by atoms with Crippen LogP contribution in [0.3, 0.4) is 0 Å². The summed E-state index contributed by atoms with van der Waals surface area (Å²) in [6.07, 6.45) is 1.89. The first-order chi connectivity index (χ1) is 22.1. The molecular weight excluding hydrogens is 560 g/mol. The van der Waals surface area contributed by atoms with Crippen molar-refractivity contribution in [3.8, 4) is 16.9 Å². The Morgan fingerprint density at radius 3 is 2.31 bits per heavy atom. The van der Waals surface area contributed by atoms with Gasteiger partial charge in [0.15, 0.2) is 11.6 Å². The molecule has 0 fully saturated rings. The molecule has 0 spiro atoms. The van der Waals surface area contributed by atoms with Crippen LogP contribution in [-0.2, 0) is 16.1 Å².